The Morgan fingerprint density at radius 1 is 1.40 bits per heavy atom. The first kappa shape index (κ1) is 16.2. The van der Waals surface area contributed by atoms with E-state index in [-0.39, 0.29) is 0 Å². The van der Waals surface area contributed by atoms with Crippen molar-refractivity contribution in [3.05, 3.63) is 58.5 Å². The molecule has 1 heterocycles. The van der Waals surface area contributed by atoms with E-state index in [0.29, 0.717) is 11.1 Å². The van der Waals surface area contributed by atoms with Crippen molar-refractivity contribution in [3.63, 3.8) is 0 Å². The molecule has 0 aliphatic heterocycles. The highest BCUT2D eigenvalue weighted by molar-refractivity contribution is 9.10. The van der Waals surface area contributed by atoms with Crippen LogP contribution in [0.1, 0.15) is 15.9 Å². The average molecular weight is 337 g/mol. The zero-order chi connectivity index (χ0) is 15.0. The SMILES string of the molecule is COC(=O)c1cc(Br)ccccncc1/C=C/N(C)C. The summed E-state index contributed by atoms with van der Waals surface area (Å²) in [6.07, 6.45) is 6.93. The van der Waals surface area contributed by atoms with Crippen LogP contribution in [-0.2, 0) is 4.74 Å². The van der Waals surface area contributed by atoms with Crippen molar-refractivity contribution in [2.24, 2.45) is 0 Å². The van der Waals surface area contributed by atoms with Gasteiger partial charge < -0.3 is 9.64 Å². The van der Waals surface area contributed by atoms with E-state index in [9.17, 15) is 4.79 Å². The second kappa shape index (κ2) is 8.32. The molecule has 20 heavy (non-hydrogen) atoms. The molecule has 0 amide bonds. The van der Waals surface area contributed by atoms with Gasteiger partial charge in [-0.15, -0.1) is 0 Å². The largest absolute Gasteiger partial charge is 0.465 e. The summed E-state index contributed by atoms with van der Waals surface area (Å²) in [5.41, 5.74) is 1.10. The number of hydrogen-bond acceptors (Lipinski definition) is 4. The minimum absolute atomic E-state index is 0.412. The number of hydrogen-bond donors (Lipinski definition) is 0. The summed E-state index contributed by atoms with van der Waals surface area (Å²) in [5, 5.41) is 0. The Balaban J connectivity index is 3.54. The number of nitrogens with zero attached hydrogens (tertiary/aromatic N) is 2. The molecule has 0 bridgehead atoms. The van der Waals surface area contributed by atoms with E-state index in [1.165, 1.54) is 7.11 Å². The fourth-order valence-electron chi connectivity index (χ4n) is 1.36. The van der Waals surface area contributed by atoms with Gasteiger partial charge in [0.2, 0.25) is 0 Å². The van der Waals surface area contributed by atoms with Crippen LogP contribution in [0.15, 0.2) is 47.3 Å². The summed E-state index contributed by atoms with van der Waals surface area (Å²) in [4.78, 5) is 18.0. The number of rotatable bonds is 3. The van der Waals surface area contributed by atoms with Crippen molar-refractivity contribution in [2.75, 3.05) is 21.2 Å². The summed E-state index contributed by atoms with van der Waals surface area (Å²) < 4.78 is 5.60. The Hall–Kier alpha value is -1.88. The summed E-state index contributed by atoms with van der Waals surface area (Å²) in [6, 6.07) is 7.17. The second-order valence-electron chi connectivity index (χ2n) is 4.15. The van der Waals surface area contributed by atoms with E-state index >= 15 is 0 Å². The number of methoxy groups -OCH3 is 1. The molecule has 5 heteroatoms. The third-order valence-electron chi connectivity index (χ3n) is 2.30. The van der Waals surface area contributed by atoms with Crippen LogP contribution in [-0.4, -0.2) is 37.1 Å². The highest BCUT2D eigenvalue weighted by atomic mass is 79.9. The summed E-state index contributed by atoms with van der Waals surface area (Å²) in [7, 11) is 5.16. The van der Waals surface area contributed by atoms with Gasteiger partial charge in [-0.25, -0.2) is 4.79 Å². The molecule has 0 unspecified atom stereocenters. The third kappa shape index (κ3) is 5.40. The van der Waals surface area contributed by atoms with Crippen LogP contribution in [0.5, 0.6) is 0 Å². The van der Waals surface area contributed by atoms with Gasteiger partial charge in [-0.2, -0.15) is 0 Å². The molecule has 0 fully saturated rings. The number of esters is 1. The average Bonchev–Trinajstić information content (AvgIpc) is 2.42. The van der Waals surface area contributed by atoms with Crippen molar-refractivity contribution >= 4 is 28.0 Å². The van der Waals surface area contributed by atoms with Crippen molar-refractivity contribution in [1.29, 1.82) is 0 Å². The van der Waals surface area contributed by atoms with Gasteiger partial charge in [-0.05, 0) is 30.5 Å². The van der Waals surface area contributed by atoms with Gasteiger partial charge in [-0.1, -0.05) is 22.0 Å². The van der Waals surface area contributed by atoms with E-state index in [4.69, 9.17) is 4.74 Å². The van der Waals surface area contributed by atoms with E-state index < -0.39 is 5.97 Å². The molecular weight excluding hydrogens is 320 g/mol. The van der Waals surface area contributed by atoms with Gasteiger partial charge in [0.25, 0.3) is 0 Å². The van der Waals surface area contributed by atoms with Crippen LogP contribution in [0, 0.1) is 0 Å². The van der Waals surface area contributed by atoms with Gasteiger partial charge in [0.05, 0.1) is 12.7 Å². The van der Waals surface area contributed by atoms with Crippen LogP contribution >= 0.6 is 15.9 Å². The molecule has 106 valence electrons. The van der Waals surface area contributed by atoms with Gasteiger partial charge in [0.15, 0.2) is 0 Å². The third-order valence-corrected chi connectivity index (χ3v) is 2.80. The number of ether oxygens (including phenoxy) is 1. The van der Waals surface area contributed by atoms with E-state index in [0.717, 1.165) is 4.47 Å². The number of carbonyl (C=O) groups is 1. The smallest absolute Gasteiger partial charge is 0.338 e. The molecule has 0 saturated heterocycles. The zero-order valence-corrected chi connectivity index (χ0v) is 13.3. The van der Waals surface area contributed by atoms with E-state index in [1.807, 2.05) is 49.5 Å². The van der Waals surface area contributed by atoms with E-state index in [2.05, 4.69) is 20.9 Å². The Morgan fingerprint density at radius 3 is 2.80 bits per heavy atom. The Bertz CT molecular complexity index is 555. The van der Waals surface area contributed by atoms with Crippen LogP contribution in [0.25, 0.3) is 6.08 Å². The Kier molecular flexibility index (Phi) is 6.73. The molecule has 0 saturated carbocycles. The predicted octanol–water partition coefficient (Wildman–Crippen LogP) is 3.29. The first-order chi connectivity index (χ1) is 9.54. The maximum Gasteiger partial charge on any atom is 0.338 e. The van der Waals surface area contributed by atoms with Gasteiger partial charge in [0.1, 0.15) is 0 Å². The lowest BCUT2D eigenvalue weighted by Crippen LogP contribution is -2.04. The lowest BCUT2D eigenvalue weighted by Gasteiger charge is -2.05. The number of carbonyl (C=O) groups excluding carboxylic acids is 1. The highest BCUT2D eigenvalue weighted by Crippen LogP contribution is 2.14. The number of aromatic nitrogens is 1. The minimum atomic E-state index is -0.412. The summed E-state index contributed by atoms with van der Waals surface area (Å²) >= 11 is 3.40. The zero-order valence-electron chi connectivity index (χ0n) is 11.7. The molecular formula is C15H17BrN2O2. The normalized spacial score (nSPS) is 10.0. The fourth-order valence-corrected chi connectivity index (χ4v) is 1.74. The van der Waals surface area contributed by atoms with Crippen molar-refractivity contribution in [3.8, 4) is 0 Å². The molecule has 0 aromatic carbocycles. The van der Waals surface area contributed by atoms with Gasteiger partial charge in [0, 0.05) is 36.5 Å². The van der Waals surface area contributed by atoms with Gasteiger partial charge in [-0.3, -0.25) is 4.98 Å². The minimum Gasteiger partial charge on any atom is -0.465 e. The van der Waals surface area contributed by atoms with E-state index in [1.54, 1.807) is 18.5 Å². The quantitative estimate of drug-likeness (QED) is 0.794. The van der Waals surface area contributed by atoms with Crippen LogP contribution in [0.2, 0.25) is 0 Å². The fraction of sp³-hybridized carbons (Fsp3) is 0.200. The van der Waals surface area contributed by atoms with Crippen molar-refractivity contribution in [2.45, 2.75) is 0 Å². The molecule has 0 spiro atoms. The lowest BCUT2D eigenvalue weighted by atomic mass is 10.1. The monoisotopic (exact) mass is 336 g/mol. The van der Waals surface area contributed by atoms with Crippen molar-refractivity contribution in [1.82, 2.24) is 9.88 Å². The molecule has 0 aliphatic carbocycles. The first-order valence-electron chi connectivity index (χ1n) is 5.95. The predicted molar refractivity (Wildman–Crippen MR) is 83.6 cm³/mol. The highest BCUT2D eigenvalue weighted by Gasteiger charge is 2.08. The standard InChI is InChI=1S/C15H17BrN2O2/c1-18(2)9-7-12-11-17-8-5-4-6-13(16)10-14(12)15(19)20-3/h4-11H,1-3H3/b5-4?,6-4?,8-5?,9-7+,12-11?,13-6?,13-10?,14-10?,14-12?,17-8?,17-11?. The van der Waals surface area contributed by atoms with Crippen molar-refractivity contribution < 1.29 is 9.53 Å². The molecule has 0 radical (unpaired) electrons. The van der Waals surface area contributed by atoms with Crippen LogP contribution < -0.4 is 0 Å². The lowest BCUT2D eigenvalue weighted by molar-refractivity contribution is 0.0600. The molecule has 0 N–H and O–H groups in total. The molecule has 0 aliphatic rings. The molecule has 4 nitrogen and oxygen atoms in total. The number of halogens is 1. The topological polar surface area (TPSA) is 42.4 Å². The Labute approximate surface area is 127 Å². The second-order valence-corrected chi connectivity index (χ2v) is 5.06. The van der Waals surface area contributed by atoms with Crippen LogP contribution in [0.4, 0.5) is 0 Å². The molecule has 1 aromatic heterocycles. The first-order valence-corrected chi connectivity index (χ1v) is 6.74. The maximum atomic E-state index is 11.9. The molecule has 1 rings (SSSR count). The maximum absolute atomic E-state index is 11.9. The summed E-state index contributed by atoms with van der Waals surface area (Å²) in [5.74, 6) is -0.412. The van der Waals surface area contributed by atoms with Crippen LogP contribution in [0.3, 0.4) is 0 Å². The molecule has 0 atom stereocenters. The molecule has 1 aromatic rings. The summed E-state index contributed by atoms with van der Waals surface area (Å²) in [6.45, 7) is 0. The van der Waals surface area contributed by atoms with Gasteiger partial charge >= 0.3 is 5.97 Å². The Morgan fingerprint density at radius 2 is 2.15 bits per heavy atom.